The largest absolute Gasteiger partial charge is 0.479 e. The molecule has 20 heteroatoms. The highest BCUT2D eigenvalue weighted by molar-refractivity contribution is 5.64. The number of aryl methyl sites for hydroxylation is 2. The number of benzene rings is 4. The summed E-state index contributed by atoms with van der Waals surface area (Å²) in [5.74, 6) is 0.171. The molecule has 0 aliphatic rings. The molecule has 0 bridgehead atoms. The summed E-state index contributed by atoms with van der Waals surface area (Å²) in [5, 5.41) is 79.9. The molecule has 0 aliphatic heterocycles. The molecule has 0 unspecified atom stereocenters. The van der Waals surface area contributed by atoms with E-state index in [0.717, 1.165) is 24.2 Å². The first-order chi connectivity index (χ1) is 27.7. The summed E-state index contributed by atoms with van der Waals surface area (Å²) >= 11 is 0. The standard InChI is InChI=1S/C33H33N9O9.C4H11NO/c1-19-7-25(3-5-29(19)41-39-27-11-21(15-48-44)9-22(12-27)16-49-45)34-31-36-32(38-33(43)37-31)35-26-4-6-30(20(2)8-26)42-40-28-13-23(17-50-46)10-24(14-28)18-51-47;1-2-5-3-4-6/h3-14,44-47H,15-18H2,1-2H3,(H3,34,35,36,37,38,43);5-6H,2-4H2,1H3. The molecule has 0 spiro atoms. The van der Waals surface area contributed by atoms with Gasteiger partial charge in [0, 0.05) is 17.9 Å². The third-order valence-corrected chi connectivity index (χ3v) is 7.61. The first-order valence-corrected chi connectivity index (χ1v) is 17.3. The van der Waals surface area contributed by atoms with Gasteiger partial charge in [-0.3, -0.25) is 21.0 Å². The molecule has 0 fully saturated rings. The number of likely N-dealkylation sites (N-methyl/N-ethyl adjacent to an activating group) is 1. The molecule has 0 aliphatic carbocycles. The Labute approximate surface area is 326 Å². The molecule has 0 amide bonds. The van der Waals surface area contributed by atoms with Crippen LogP contribution in [0.4, 0.5) is 46.0 Å². The number of aromatic nitrogens is 3. The van der Waals surface area contributed by atoms with Gasteiger partial charge in [-0.15, -0.1) is 0 Å². The number of hydrogen-bond donors (Lipinski definition) is 9. The number of nitrogens with zero attached hydrogens (tertiary/aromatic N) is 7. The fourth-order valence-electron chi connectivity index (χ4n) is 5.14. The van der Waals surface area contributed by atoms with Gasteiger partial charge in [-0.1, -0.05) is 19.1 Å². The lowest BCUT2D eigenvalue weighted by Gasteiger charge is -2.10. The van der Waals surface area contributed by atoms with E-state index in [9.17, 15) is 5.11 Å². The summed E-state index contributed by atoms with van der Waals surface area (Å²) in [7, 11) is 0. The lowest BCUT2D eigenvalue weighted by molar-refractivity contribution is -0.254. The first-order valence-electron chi connectivity index (χ1n) is 17.3. The molecule has 1 heterocycles. The summed E-state index contributed by atoms with van der Waals surface area (Å²) in [4.78, 5) is 29.2. The topological polar surface area (TPSA) is 282 Å². The van der Waals surface area contributed by atoms with E-state index >= 15 is 0 Å². The van der Waals surface area contributed by atoms with Crippen LogP contribution in [0.3, 0.4) is 0 Å². The highest BCUT2D eigenvalue weighted by atomic mass is 17.1. The van der Waals surface area contributed by atoms with Crippen LogP contribution >= 0.6 is 0 Å². The molecule has 0 saturated heterocycles. The highest BCUT2D eigenvalue weighted by Crippen LogP contribution is 2.30. The average molecular weight is 789 g/mol. The van der Waals surface area contributed by atoms with Crippen molar-refractivity contribution in [1.29, 1.82) is 0 Å². The van der Waals surface area contributed by atoms with E-state index in [4.69, 9.17) is 26.1 Å². The number of hydrogen-bond acceptors (Lipinski definition) is 20. The zero-order valence-electron chi connectivity index (χ0n) is 31.3. The molecule has 4 aromatic carbocycles. The van der Waals surface area contributed by atoms with Crippen molar-refractivity contribution in [3.8, 4) is 6.01 Å². The summed E-state index contributed by atoms with van der Waals surface area (Å²) in [6, 6.07) is 20.2. The van der Waals surface area contributed by atoms with Gasteiger partial charge in [0.15, 0.2) is 0 Å². The van der Waals surface area contributed by atoms with E-state index < -0.39 is 6.01 Å². The molecule has 5 aromatic rings. The maximum Gasteiger partial charge on any atom is 0.320 e. The van der Waals surface area contributed by atoms with Gasteiger partial charge in [0.2, 0.25) is 11.9 Å². The fourth-order valence-corrected chi connectivity index (χ4v) is 5.14. The van der Waals surface area contributed by atoms with Gasteiger partial charge >= 0.3 is 6.01 Å². The second-order valence-corrected chi connectivity index (χ2v) is 12.1. The minimum absolute atomic E-state index is 0.0737. The SMILES string of the molecule is CCNCCO.Cc1cc(Nc2nc(O)nc(Nc3ccc(N=Nc4cc(COO)cc(COO)c4)c(C)c3)n2)ccc1N=Nc1cc(COO)cc(COO)c1. The molecule has 5 rings (SSSR count). The van der Waals surface area contributed by atoms with E-state index in [1.54, 1.807) is 72.8 Å². The van der Waals surface area contributed by atoms with Gasteiger partial charge in [0.05, 0.1) is 29.4 Å². The van der Waals surface area contributed by atoms with E-state index in [-0.39, 0.29) is 44.9 Å². The van der Waals surface area contributed by atoms with Crippen molar-refractivity contribution in [2.24, 2.45) is 20.5 Å². The van der Waals surface area contributed by atoms with Crippen LogP contribution in [-0.4, -0.2) is 65.9 Å². The molecule has 20 nitrogen and oxygen atoms in total. The van der Waals surface area contributed by atoms with E-state index in [1.807, 2.05) is 20.8 Å². The van der Waals surface area contributed by atoms with E-state index in [1.165, 1.54) is 0 Å². The Hall–Kier alpha value is -5.91. The van der Waals surface area contributed by atoms with Crippen LogP contribution in [0.2, 0.25) is 0 Å². The Balaban J connectivity index is 0.00000111. The maximum atomic E-state index is 10.2. The molecular weight excluding hydrogens is 744 g/mol. The predicted molar refractivity (Wildman–Crippen MR) is 207 cm³/mol. The molecule has 0 saturated carbocycles. The Morgan fingerprint density at radius 1 is 0.561 bits per heavy atom. The number of nitrogens with one attached hydrogen (secondary N) is 3. The third-order valence-electron chi connectivity index (χ3n) is 7.61. The van der Waals surface area contributed by atoms with Crippen LogP contribution in [0.15, 0.2) is 93.3 Å². The minimum Gasteiger partial charge on any atom is -0.479 e. The van der Waals surface area contributed by atoms with Gasteiger partial charge < -0.3 is 26.2 Å². The van der Waals surface area contributed by atoms with Crippen LogP contribution in [0.1, 0.15) is 40.3 Å². The van der Waals surface area contributed by atoms with Crippen molar-refractivity contribution < 1.29 is 50.8 Å². The van der Waals surface area contributed by atoms with Crippen LogP contribution in [-0.2, 0) is 46.0 Å². The maximum absolute atomic E-state index is 10.2. The molecule has 1 aromatic heterocycles. The van der Waals surface area contributed by atoms with Gasteiger partial charge in [-0.2, -0.15) is 35.4 Å². The Kier molecular flexibility index (Phi) is 17.9. The van der Waals surface area contributed by atoms with Crippen LogP contribution < -0.4 is 16.0 Å². The van der Waals surface area contributed by atoms with Crippen molar-refractivity contribution in [2.45, 2.75) is 47.2 Å². The van der Waals surface area contributed by atoms with Crippen LogP contribution in [0, 0.1) is 13.8 Å². The summed E-state index contributed by atoms with van der Waals surface area (Å²) in [5.41, 5.74) is 7.31. The minimum atomic E-state index is -0.501. The summed E-state index contributed by atoms with van der Waals surface area (Å²) < 4.78 is 0. The number of anilines is 4. The zero-order chi connectivity index (χ0) is 41.0. The molecule has 0 radical (unpaired) electrons. The molecular formula is C37H44N10O10. The average Bonchev–Trinajstić information content (AvgIpc) is 3.17. The monoisotopic (exact) mass is 788 g/mol. The van der Waals surface area contributed by atoms with Crippen molar-refractivity contribution in [2.75, 3.05) is 30.3 Å². The highest BCUT2D eigenvalue weighted by Gasteiger charge is 2.10. The predicted octanol–water partition coefficient (Wildman–Crippen LogP) is 8.06. The molecule has 57 heavy (non-hydrogen) atoms. The van der Waals surface area contributed by atoms with Crippen LogP contribution in [0.5, 0.6) is 6.01 Å². The van der Waals surface area contributed by atoms with Crippen LogP contribution in [0.25, 0.3) is 0 Å². The summed E-state index contributed by atoms with van der Waals surface area (Å²) in [6.07, 6.45) is 0. The zero-order valence-corrected chi connectivity index (χ0v) is 31.3. The van der Waals surface area contributed by atoms with Gasteiger partial charge in [-0.25, -0.2) is 19.6 Å². The van der Waals surface area contributed by atoms with Crippen molar-refractivity contribution >= 4 is 46.0 Å². The van der Waals surface area contributed by atoms with Gasteiger partial charge in [0.1, 0.15) is 26.4 Å². The van der Waals surface area contributed by atoms with Crippen molar-refractivity contribution in [3.05, 3.63) is 106 Å². The van der Waals surface area contributed by atoms with E-state index in [2.05, 4.69) is 70.9 Å². The first kappa shape index (κ1) is 43.8. The molecule has 9 N–H and O–H groups in total. The van der Waals surface area contributed by atoms with E-state index in [0.29, 0.717) is 56.4 Å². The van der Waals surface area contributed by atoms with Crippen molar-refractivity contribution in [1.82, 2.24) is 20.3 Å². The second kappa shape index (κ2) is 23.2. The number of aromatic hydroxyl groups is 1. The number of aliphatic hydroxyl groups excluding tert-OH is 1. The van der Waals surface area contributed by atoms with Gasteiger partial charge in [0.25, 0.3) is 0 Å². The molecule has 0 atom stereocenters. The lowest BCUT2D eigenvalue weighted by atomic mass is 10.1. The quantitative estimate of drug-likeness (QED) is 0.0165. The number of rotatable bonds is 19. The summed E-state index contributed by atoms with van der Waals surface area (Å²) in [6.45, 7) is 7.31. The smallest absolute Gasteiger partial charge is 0.320 e. The fraction of sp³-hybridized carbons (Fsp3) is 0.270. The third kappa shape index (κ3) is 14.6. The Morgan fingerprint density at radius 2 is 0.965 bits per heavy atom. The number of aliphatic hydroxyl groups is 1. The Bertz CT molecular complexity index is 1910. The lowest BCUT2D eigenvalue weighted by Crippen LogP contribution is -2.16. The number of azo groups is 2. The Morgan fingerprint density at radius 3 is 1.28 bits per heavy atom. The van der Waals surface area contributed by atoms with Crippen molar-refractivity contribution in [3.63, 3.8) is 0 Å². The normalized spacial score (nSPS) is 11.2. The molecule has 302 valence electrons. The van der Waals surface area contributed by atoms with Gasteiger partial charge in [-0.05, 0) is 114 Å². The second-order valence-electron chi connectivity index (χ2n) is 12.1.